The topological polar surface area (TPSA) is 94.6 Å². The zero-order valence-electron chi connectivity index (χ0n) is 15.0. The fraction of sp³-hybridized carbons (Fsp3) is 0.444. The van der Waals surface area contributed by atoms with Gasteiger partial charge in [-0.15, -0.1) is 0 Å². The summed E-state index contributed by atoms with van der Waals surface area (Å²) in [5.74, 6) is -1.52. The molecule has 1 rings (SSSR count). The summed E-state index contributed by atoms with van der Waals surface area (Å²) in [6.07, 6.45) is 5.69. The van der Waals surface area contributed by atoms with Crippen LogP contribution < -0.4 is 5.32 Å². The van der Waals surface area contributed by atoms with Crippen molar-refractivity contribution in [3.8, 4) is 0 Å². The molecule has 0 aliphatic rings. The first-order chi connectivity index (χ1) is 12.0. The van der Waals surface area contributed by atoms with E-state index in [0.29, 0.717) is 13.0 Å². The predicted octanol–water partition coefficient (Wildman–Crippen LogP) is 2.52. The normalized spacial score (nSPS) is 9.24. The third kappa shape index (κ3) is 9.91. The summed E-state index contributed by atoms with van der Waals surface area (Å²) in [6, 6.07) is 1.36. The number of carbonyl (C=O) groups excluding carboxylic acids is 3. The van der Waals surface area contributed by atoms with Crippen LogP contribution in [-0.2, 0) is 14.3 Å². The van der Waals surface area contributed by atoms with Gasteiger partial charge in [0.1, 0.15) is 6.61 Å². The molecule has 0 atom stereocenters. The molecule has 0 unspecified atom stereocenters. The average molecular weight is 350 g/mol. The van der Waals surface area contributed by atoms with Crippen LogP contribution in [0.5, 0.6) is 0 Å². The number of nitrogens with zero attached hydrogens (tertiary/aromatic N) is 1. The van der Waals surface area contributed by atoms with Gasteiger partial charge in [-0.25, -0.2) is 9.59 Å². The summed E-state index contributed by atoms with van der Waals surface area (Å²) in [6.45, 7) is 9.90. The number of pyridine rings is 1. The number of carbonyl (C=O) groups is 3. The molecule has 1 aromatic heterocycles. The second-order valence-corrected chi connectivity index (χ2v) is 4.94. The van der Waals surface area contributed by atoms with Crippen LogP contribution in [0, 0.1) is 0 Å². The lowest BCUT2D eigenvalue weighted by atomic mass is 10.2. The van der Waals surface area contributed by atoms with Gasteiger partial charge in [-0.3, -0.25) is 9.78 Å². The lowest BCUT2D eigenvalue weighted by molar-refractivity contribution is -0.116. The first-order valence-electron chi connectivity index (χ1n) is 8.19. The van der Waals surface area contributed by atoms with E-state index in [1.807, 2.05) is 6.92 Å². The summed E-state index contributed by atoms with van der Waals surface area (Å²) >= 11 is 0. The minimum atomic E-state index is -0.634. The summed E-state index contributed by atoms with van der Waals surface area (Å²) in [4.78, 5) is 38.2. The minimum absolute atomic E-state index is 0.00290. The van der Waals surface area contributed by atoms with Gasteiger partial charge in [-0.1, -0.05) is 33.8 Å². The van der Waals surface area contributed by atoms with E-state index in [1.165, 1.54) is 24.9 Å². The summed E-state index contributed by atoms with van der Waals surface area (Å²) < 4.78 is 9.92. The zero-order valence-corrected chi connectivity index (χ0v) is 15.0. The Morgan fingerprint density at radius 2 is 1.60 bits per heavy atom. The highest BCUT2D eigenvalue weighted by Gasteiger charge is 2.13. The van der Waals surface area contributed by atoms with Crippen LogP contribution in [0.15, 0.2) is 31.1 Å². The van der Waals surface area contributed by atoms with Gasteiger partial charge in [0.25, 0.3) is 0 Å². The summed E-state index contributed by atoms with van der Waals surface area (Å²) in [5.41, 5.74) is 0.323. The van der Waals surface area contributed by atoms with Crippen molar-refractivity contribution in [3.63, 3.8) is 0 Å². The summed E-state index contributed by atoms with van der Waals surface area (Å²) in [5, 5.41) is 2.47. The molecule has 1 aromatic rings. The molecule has 7 heteroatoms. The smallest absolute Gasteiger partial charge is 0.339 e. The molecule has 0 saturated heterocycles. The number of esters is 2. The molecular weight excluding hydrogens is 324 g/mol. The largest absolute Gasteiger partial charge is 0.462 e. The van der Waals surface area contributed by atoms with Gasteiger partial charge in [0.05, 0.1) is 24.3 Å². The Labute approximate surface area is 148 Å². The van der Waals surface area contributed by atoms with Gasteiger partial charge >= 0.3 is 11.9 Å². The Balaban J connectivity index is 0.00000178. The maximum atomic E-state index is 11.8. The molecule has 0 aliphatic heterocycles. The van der Waals surface area contributed by atoms with Gasteiger partial charge in [0, 0.05) is 12.4 Å². The Morgan fingerprint density at radius 3 is 2.08 bits per heavy atom. The van der Waals surface area contributed by atoms with Crippen molar-refractivity contribution in [2.24, 2.45) is 0 Å². The van der Waals surface area contributed by atoms with E-state index in [9.17, 15) is 14.4 Å². The molecule has 0 fully saturated rings. The second kappa shape index (κ2) is 13.7. The fourth-order valence-electron chi connectivity index (χ4n) is 1.41. The molecule has 0 saturated carbocycles. The highest BCUT2D eigenvalue weighted by Crippen LogP contribution is 2.06. The highest BCUT2D eigenvalue weighted by molar-refractivity contribution is 5.94. The zero-order chi connectivity index (χ0) is 19.1. The molecule has 0 bridgehead atoms. The van der Waals surface area contributed by atoms with E-state index >= 15 is 0 Å². The van der Waals surface area contributed by atoms with Gasteiger partial charge in [0.15, 0.2) is 0 Å². The van der Waals surface area contributed by atoms with E-state index in [4.69, 9.17) is 9.47 Å². The van der Waals surface area contributed by atoms with Gasteiger partial charge in [-0.2, -0.15) is 0 Å². The van der Waals surface area contributed by atoms with Gasteiger partial charge < -0.3 is 14.8 Å². The first-order valence-corrected chi connectivity index (χ1v) is 8.19. The lowest BCUT2D eigenvalue weighted by Crippen LogP contribution is -2.26. The second-order valence-electron chi connectivity index (χ2n) is 4.94. The maximum Gasteiger partial charge on any atom is 0.339 e. The molecule has 1 amide bonds. The van der Waals surface area contributed by atoms with Crippen molar-refractivity contribution in [3.05, 3.63) is 42.2 Å². The molecule has 0 aromatic carbocycles. The van der Waals surface area contributed by atoms with E-state index < -0.39 is 11.9 Å². The molecule has 1 heterocycles. The van der Waals surface area contributed by atoms with Crippen molar-refractivity contribution >= 4 is 17.8 Å². The average Bonchev–Trinajstić information content (AvgIpc) is 2.63. The van der Waals surface area contributed by atoms with E-state index in [-0.39, 0.29) is 30.2 Å². The van der Waals surface area contributed by atoms with E-state index in [1.54, 1.807) is 0 Å². The third-order valence-electron chi connectivity index (χ3n) is 2.47. The van der Waals surface area contributed by atoms with Crippen LogP contribution in [0.4, 0.5) is 0 Å². The van der Waals surface area contributed by atoms with Crippen LogP contribution >= 0.6 is 0 Å². The van der Waals surface area contributed by atoms with Crippen molar-refractivity contribution in [1.29, 1.82) is 0 Å². The number of ether oxygens (including phenoxy) is 2. The molecule has 0 spiro atoms. The number of aromatic nitrogens is 1. The van der Waals surface area contributed by atoms with E-state index in [2.05, 4.69) is 30.7 Å². The molecule has 1 N–H and O–H groups in total. The SMILES string of the molecule is C=CC(=O)NCCOC(=O)c1cncc(C(=O)OCCC)c1.CCC. The lowest BCUT2D eigenvalue weighted by Gasteiger charge is -2.06. The molecule has 25 heavy (non-hydrogen) atoms. The number of nitrogens with one attached hydrogen (secondary N) is 1. The summed E-state index contributed by atoms with van der Waals surface area (Å²) in [7, 11) is 0. The van der Waals surface area contributed by atoms with Crippen LogP contribution in [0.2, 0.25) is 0 Å². The van der Waals surface area contributed by atoms with Crippen LogP contribution in [0.1, 0.15) is 54.3 Å². The van der Waals surface area contributed by atoms with Crippen LogP contribution in [0.3, 0.4) is 0 Å². The Kier molecular flexibility index (Phi) is 12.2. The highest BCUT2D eigenvalue weighted by atomic mass is 16.5. The van der Waals surface area contributed by atoms with Crippen molar-refractivity contribution in [1.82, 2.24) is 10.3 Å². The van der Waals surface area contributed by atoms with E-state index in [0.717, 1.165) is 6.08 Å². The monoisotopic (exact) mass is 350 g/mol. The van der Waals surface area contributed by atoms with Gasteiger partial charge in [0.2, 0.25) is 5.91 Å². The van der Waals surface area contributed by atoms with Crippen molar-refractivity contribution in [2.45, 2.75) is 33.6 Å². The van der Waals surface area contributed by atoms with Crippen molar-refractivity contribution < 1.29 is 23.9 Å². The number of hydrogen-bond donors (Lipinski definition) is 1. The van der Waals surface area contributed by atoms with Crippen molar-refractivity contribution in [2.75, 3.05) is 19.8 Å². The molecule has 0 aliphatic carbocycles. The number of rotatable bonds is 8. The third-order valence-corrected chi connectivity index (χ3v) is 2.47. The number of hydrogen-bond acceptors (Lipinski definition) is 6. The molecular formula is C18H26N2O5. The first kappa shape index (κ1) is 22.3. The molecule has 0 radical (unpaired) electrons. The predicted molar refractivity (Wildman–Crippen MR) is 94.3 cm³/mol. The molecule has 7 nitrogen and oxygen atoms in total. The quantitative estimate of drug-likeness (QED) is 0.440. The fourth-order valence-corrected chi connectivity index (χ4v) is 1.41. The molecule has 138 valence electrons. The minimum Gasteiger partial charge on any atom is -0.462 e. The Morgan fingerprint density at radius 1 is 1.08 bits per heavy atom. The standard InChI is InChI=1S/C15H18N2O5.C3H8/c1-3-6-21-14(19)11-8-12(10-16-9-11)15(20)22-7-5-17-13(18)4-2;1-3-2/h4,8-10H,2-3,5-7H2,1H3,(H,17,18);3H2,1-2H3. The number of amides is 1. The Hall–Kier alpha value is -2.70. The maximum absolute atomic E-state index is 11.8. The van der Waals surface area contributed by atoms with Gasteiger partial charge in [-0.05, 0) is 18.6 Å². The van der Waals surface area contributed by atoms with Crippen LogP contribution in [-0.4, -0.2) is 42.6 Å². The van der Waals surface area contributed by atoms with Crippen LogP contribution in [0.25, 0.3) is 0 Å². The Bertz CT molecular complexity index is 572.